The molecule has 0 saturated heterocycles. The van der Waals surface area contributed by atoms with Crippen molar-refractivity contribution in [2.45, 2.75) is 6.54 Å². The first-order chi connectivity index (χ1) is 10.1. The number of aromatic nitrogens is 2. The molecular weight excluding hydrogens is 266 g/mol. The first-order valence-electron chi connectivity index (χ1n) is 6.53. The van der Waals surface area contributed by atoms with Gasteiger partial charge in [0.25, 0.3) is 5.91 Å². The fraction of sp³-hybridized carbons (Fsp3) is 0.250. The van der Waals surface area contributed by atoms with E-state index in [-0.39, 0.29) is 12.5 Å². The Balaban J connectivity index is 2.07. The number of aliphatic hydroxyl groups excluding tert-OH is 1. The highest BCUT2D eigenvalue weighted by Crippen LogP contribution is 2.08. The minimum atomic E-state index is -0.174. The first kappa shape index (κ1) is 14.8. The van der Waals surface area contributed by atoms with Crippen LogP contribution < -0.4 is 0 Å². The van der Waals surface area contributed by atoms with Crippen LogP contribution in [0.15, 0.2) is 36.7 Å². The van der Waals surface area contributed by atoms with Gasteiger partial charge in [-0.2, -0.15) is 0 Å². The van der Waals surface area contributed by atoms with Gasteiger partial charge in [-0.15, -0.1) is 0 Å². The van der Waals surface area contributed by atoms with Crippen LogP contribution in [0, 0.1) is 11.8 Å². The Bertz CT molecular complexity index is 678. The molecule has 108 valence electrons. The molecule has 1 heterocycles. The van der Waals surface area contributed by atoms with Crippen molar-refractivity contribution in [2.75, 3.05) is 13.7 Å². The number of aryl methyl sites for hydroxylation is 1. The van der Waals surface area contributed by atoms with Gasteiger partial charge in [-0.05, 0) is 24.3 Å². The smallest absolute Gasteiger partial charge is 0.254 e. The molecular formula is C16H17N3O2. The van der Waals surface area contributed by atoms with Gasteiger partial charge in [0.2, 0.25) is 0 Å². The maximum atomic E-state index is 12.3. The first-order valence-corrected chi connectivity index (χ1v) is 6.53. The van der Waals surface area contributed by atoms with Crippen molar-refractivity contribution in [3.8, 4) is 11.8 Å². The zero-order valence-corrected chi connectivity index (χ0v) is 12.1. The summed E-state index contributed by atoms with van der Waals surface area (Å²) in [5.74, 6) is 6.13. The van der Waals surface area contributed by atoms with Gasteiger partial charge in [0.1, 0.15) is 12.4 Å². The van der Waals surface area contributed by atoms with Crippen molar-refractivity contribution in [1.82, 2.24) is 14.5 Å². The number of aliphatic hydroxyl groups is 1. The van der Waals surface area contributed by atoms with Crippen LogP contribution in [-0.2, 0) is 13.6 Å². The average Bonchev–Trinajstić information content (AvgIpc) is 2.90. The summed E-state index contributed by atoms with van der Waals surface area (Å²) < 4.78 is 1.89. The Morgan fingerprint density at radius 3 is 2.67 bits per heavy atom. The zero-order valence-electron chi connectivity index (χ0n) is 12.1. The van der Waals surface area contributed by atoms with Crippen molar-refractivity contribution in [1.29, 1.82) is 0 Å². The Labute approximate surface area is 123 Å². The van der Waals surface area contributed by atoms with Gasteiger partial charge >= 0.3 is 0 Å². The molecule has 1 aromatic carbocycles. The Kier molecular flexibility index (Phi) is 4.75. The molecule has 0 fully saturated rings. The van der Waals surface area contributed by atoms with Crippen molar-refractivity contribution in [3.63, 3.8) is 0 Å². The lowest BCUT2D eigenvalue weighted by Crippen LogP contribution is -2.27. The molecule has 1 aromatic heterocycles. The predicted octanol–water partition coefficient (Wildman–Crippen LogP) is 1.04. The van der Waals surface area contributed by atoms with Crippen LogP contribution in [0.2, 0.25) is 0 Å². The van der Waals surface area contributed by atoms with Crippen molar-refractivity contribution < 1.29 is 9.90 Å². The molecule has 0 unspecified atom stereocenters. The summed E-state index contributed by atoms with van der Waals surface area (Å²) in [7, 11) is 3.64. The number of carbonyl (C=O) groups excluding carboxylic acids is 1. The Morgan fingerprint density at radius 2 is 2.10 bits per heavy atom. The number of hydrogen-bond donors (Lipinski definition) is 1. The van der Waals surface area contributed by atoms with E-state index >= 15 is 0 Å². The summed E-state index contributed by atoms with van der Waals surface area (Å²) >= 11 is 0. The third kappa shape index (κ3) is 3.71. The fourth-order valence-corrected chi connectivity index (χ4v) is 1.89. The van der Waals surface area contributed by atoms with E-state index in [1.807, 2.05) is 17.8 Å². The van der Waals surface area contributed by atoms with Crippen LogP contribution in [0.4, 0.5) is 0 Å². The number of nitrogens with zero attached hydrogens (tertiary/aromatic N) is 3. The number of hydrogen-bond acceptors (Lipinski definition) is 3. The number of carbonyl (C=O) groups is 1. The highest BCUT2D eigenvalue weighted by atomic mass is 16.2. The molecule has 5 heteroatoms. The Hall–Kier alpha value is -2.58. The highest BCUT2D eigenvalue weighted by molar-refractivity contribution is 5.94. The summed E-state index contributed by atoms with van der Waals surface area (Å²) in [5.41, 5.74) is 1.37. The third-order valence-corrected chi connectivity index (χ3v) is 3.09. The second-order valence-corrected chi connectivity index (χ2v) is 4.65. The molecule has 21 heavy (non-hydrogen) atoms. The van der Waals surface area contributed by atoms with E-state index in [1.165, 1.54) is 0 Å². The predicted molar refractivity (Wildman–Crippen MR) is 79.4 cm³/mol. The lowest BCUT2D eigenvalue weighted by molar-refractivity contribution is 0.0780. The average molecular weight is 283 g/mol. The van der Waals surface area contributed by atoms with E-state index in [2.05, 4.69) is 16.8 Å². The molecule has 0 radical (unpaired) electrons. The van der Waals surface area contributed by atoms with Gasteiger partial charge in [0.05, 0.1) is 6.54 Å². The van der Waals surface area contributed by atoms with Crippen LogP contribution in [0.25, 0.3) is 0 Å². The molecule has 2 aromatic rings. The second-order valence-electron chi connectivity index (χ2n) is 4.65. The van der Waals surface area contributed by atoms with E-state index in [0.717, 1.165) is 11.4 Å². The summed E-state index contributed by atoms with van der Waals surface area (Å²) in [6, 6.07) is 7.01. The molecule has 1 amide bonds. The lowest BCUT2D eigenvalue weighted by Gasteiger charge is -2.17. The largest absolute Gasteiger partial charge is 0.384 e. The maximum absolute atomic E-state index is 12.3. The van der Waals surface area contributed by atoms with Crippen molar-refractivity contribution in [2.24, 2.45) is 7.05 Å². The third-order valence-electron chi connectivity index (χ3n) is 3.09. The zero-order chi connectivity index (χ0) is 15.2. The van der Waals surface area contributed by atoms with Gasteiger partial charge in [-0.1, -0.05) is 11.8 Å². The van der Waals surface area contributed by atoms with E-state index < -0.39 is 0 Å². The van der Waals surface area contributed by atoms with Crippen molar-refractivity contribution >= 4 is 5.91 Å². The Morgan fingerprint density at radius 1 is 1.38 bits per heavy atom. The molecule has 2 rings (SSSR count). The summed E-state index contributed by atoms with van der Waals surface area (Å²) in [5, 5.41) is 8.65. The van der Waals surface area contributed by atoms with Crippen molar-refractivity contribution in [3.05, 3.63) is 53.6 Å². The molecule has 1 N–H and O–H groups in total. The van der Waals surface area contributed by atoms with E-state index in [0.29, 0.717) is 12.1 Å². The van der Waals surface area contributed by atoms with E-state index in [4.69, 9.17) is 5.11 Å². The van der Waals surface area contributed by atoms with E-state index in [9.17, 15) is 4.79 Å². The van der Waals surface area contributed by atoms with Crippen LogP contribution >= 0.6 is 0 Å². The molecule has 5 nitrogen and oxygen atoms in total. The van der Waals surface area contributed by atoms with Gasteiger partial charge in [-0.3, -0.25) is 4.79 Å². The highest BCUT2D eigenvalue weighted by Gasteiger charge is 2.13. The molecule has 0 spiro atoms. The molecule has 0 atom stereocenters. The second kappa shape index (κ2) is 6.73. The number of imidazole rings is 1. The minimum absolute atomic E-state index is 0.0698. The van der Waals surface area contributed by atoms with Crippen LogP contribution in [0.3, 0.4) is 0 Å². The quantitative estimate of drug-likeness (QED) is 0.856. The SMILES string of the molecule is CN(Cc1nccn1C)C(=O)c1ccc(C#CCO)cc1. The van der Waals surface area contributed by atoms with Crippen LogP contribution in [-0.4, -0.2) is 39.1 Å². The topological polar surface area (TPSA) is 58.4 Å². The van der Waals surface area contributed by atoms with Gasteiger partial charge in [-0.25, -0.2) is 4.98 Å². The number of benzene rings is 1. The van der Waals surface area contributed by atoms with Gasteiger partial charge < -0.3 is 14.6 Å². The maximum Gasteiger partial charge on any atom is 0.254 e. The summed E-state index contributed by atoms with van der Waals surface area (Å²) in [4.78, 5) is 18.1. The van der Waals surface area contributed by atoms with Crippen LogP contribution in [0.5, 0.6) is 0 Å². The van der Waals surface area contributed by atoms with Gasteiger partial charge in [0, 0.05) is 37.6 Å². The molecule has 0 aliphatic heterocycles. The van der Waals surface area contributed by atoms with Crippen LogP contribution in [0.1, 0.15) is 21.7 Å². The fourth-order valence-electron chi connectivity index (χ4n) is 1.89. The normalized spacial score (nSPS) is 9.86. The summed E-state index contributed by atoms with van der Waals surface area (Å²) in [6.45, 7) is 0.279. The molecule has 0 aliphatic carbocycles. The minimum Gasteiger partial charge on any atom is -0.384 e. The van der Waals surface area contributed by atoms with Gasteiger partial charge in [0.15, 0.2) is 0 Å². The van der Waals surface area contributed by atoms with E-state index in [1.54, 1.807) is 42.4 Å². The standard InChI is InChI=1S/C16H17N3O2/c1-18-10-9-17-15(18)12-19(2)16(21)14-7-5-13(6-8-14)4-3-11-20/h5-10,20H,11-12H2,1-2H3. The lowest BCUT2D eigenvalue weighted by atomic mass is 10.1. The molecule has 0 bridgehead atoms. The molecule has 0 saturated carbocycles. The number of amides is 1. The number of rotatable bonds is 3. The summed E-state index contributed by atoms with van der Waals surface area (Å²) in [6.07, 6.45) is 3.56. The molecule has 0 aliphatic rings. The monoisotopic (exact) mass is 283 g/mol.